The Hall–Kier alpha value is -0.310. The van der Waals surface area contributed by atoms with E-state index in [9.17, 15) is 4.79 Å². The summed E-state index contributed by atoms with van der Waals surface area (Å²) in [4.78, 5) is 11.7. The van der Waals surface area contributed by atoms with Gasteiger partial charge in [-0.1, -0.05) is 112 Å². The first-order valence-electron chi connectivity index (χ1n) is 12.7. The lowest BCUT2D eigenvalue weighted by Gasteiger charge is -2.05. The summed E-state index contributed by atoms with van der Waals surface area (Å²) in [5.74, 6) is -0.00163. The van der Waals surface area contributed by atoms with E-state index in [0.29, 0.717) is 13.0 Å². The highest BCUT2D eigenvalue weighted by Crippen LogP contribution is 2.11. The van der Waals surface area contributed by atoms with Gasteiger partial charge in [0.25, 0.3) is 0 Å². The quantitative estimate of drug-likeness (QED) is 0.0639. The third kappa shape index (κ3) is 25.7. The van der Waals surface area contributed by atoms with Crippen molar-refractivity contribution in [3.05, 3.63) is 12.2 Å². The molecule has 0 amide bonds. The highest BCUT2D eigenvalue weighted by Gasteiger charge is 2.02. The molecular formula is C26H49BrO2. The molecular weight excluding hydrogens is 424 g/mol. The van der Waals surface area contributed by atoms with E-state index in [4.69, 9.17) is 4.74 Å². The smallest absolute Gasteiger partial charge is 0.305 e. The Morgan fingerprint density at radius 3 is 1.72 bits per heavy atom. The van der Waals surface area contributed by atoms with Crippen LogP contribution in [0, 0.1) is 0 Å². The number of unbranched alkanes of at least 4 members (excludes halogenated alkanes) is 16. The van der Waals surface area contributed by atoms with Crippen molar-refractivity contribution < 1.29 is 9.53 Å². The SMILES string of the molecule is CCCCCCCC/C=C\CCCCCCCCOC(=O)CCCCCCCBr. The zero-order valence-corrected chi connectivity index (χ0v) is 21.0. The molecule has 0 atom stereocenters. The van der Waals surface area contributed by atoms with Crippen molar-refractivity contribution in [2.24, 2.45) is 0 Å². The number of rotatable bonds is 23. The van der Waals surface area contributed by atoms with Crippen LogP contribution < -0.4 is 0 Å². The van der Waals surface area contributed by atoms with Gasteiger partial charge in [0.05, 0.1) is 6.61 Å². The van der Waals surface area contributed by atoms with Gasteiger partial charge >= 0.3 is 5.97 Å². The van der Waals surface area contributed by atoms with Crippen LogP contribution in [0.4, 0.5) is 0 Å². The van der Waals surface area contributed by atoms with Gasteiger partial charge < -0.3 is 4.74 Å². The fraction of sp³-hybridized carbons (Fsp3) is 0.885. The highest BCUT2D eigenvalue weighted by molar-refractivity contribution is 9.09. The number of ether oxygens (including phenoxy) is 1. The Kier molecular flexibility index (Phi) is 25.5. The van der Waals surface area contributed by atoms with Crippen molar-refractivity contribution in [1.29, 1.82) is 0 Å². The van der Waals surface area contributed by atoms with Gasteiger partial charge in [-0.15, -0.1) is 0 Å². The van der Waals surface area contributed by atoms with E-state index in [1.807, 2.05) is 0 Å². The summed E-state index contributed by atoms with van der Waals surface area (Å²) in [6.45, 7) is 2.89. The molecule has 0 spiro atoms. The van der Waals surface area contributed by atoms with Crippen LogP contribution in [0.25, 0.3) is 0 Å². The van der Waals surface area contributed by atoms with E-state index < -0.39 is 0 Å². The number of carbonyl (C=O) groups excluding carboxylic acids is 1. The minimum atomic E-state index is -0.00163. The van der Waals surface area contributed by atoms with E-state index in [1.165, 1.54) is 103 Å². The first kappa shape index (κ1) is 28.7. The molecule has 2 nitrogen and oxygen atoms in total. The number of alkyl halides is 1. The second kappa shape index (κ2) is 25.7. The molecule has 3 heteroatoms. The summed E-state index contributed by atoms with van der Waals surface area (Å²) in [6.07, 6.45) is 29.5. The fourth-order valence-electron chi connectivity index (χ4n) is 3.50. The Bertz CT molecular complexity index is 355. The molecule has 0 radical (unpaired) electrons. The standard InChI is InChI=1S/C26H49BrO2/c1-2-3-4-5-6-7-8-9-10-11-12-13-14-15-19-22-25-29-26(28)23-20-17-16-18-21-24-27/h9-10H,2-8,11-25H2,1H3/b10-9-. The van der Waals surface area contributed by atoms with Gasteiger partial charge in [0, 0.05) is 11.8 Å². The minimum absolute atomic E-state index is 0.00163. The van der Waals surface area contributed by atoms with Crippen LogP contribution in [0.5, 0.6) is 0 Å². The van der Waals surface area contributed by atoms with Crippen LogP contribution in [0.15, 0.2) is 12.2 Å². The van der Waals surface area contributed by atoms with Crippen molar-refractivity contribution in [3.8, 4) is 0 Å². The number of carbonyl (C=O) groups is 1. The van der Waals surface area contributed by atoms with Gasteiger partial charge in [-0.25, -0.2) is 0 Å². The number of halogens is 1. The molecule has 0 aromatic carbocycles. The van der Waals surface area contributed by atoms with E-state index in [0.717, 1.165) is 24.6 Å². The molecule has 0 rings (SSSR count). The van der Waals surface area contributed by atoms with Crippen LogP contribution in [0.1, 0.15) is 135 Å². The third-order valence-electron chi connectivity index (χ3n) is 5.43. The van der Waals surface area contributed by atoms with Gasteiger partial charge in [0.15, 0.2) is 0 Å². The first-order chi connectivity index (χ1) is 14.3. The molecule has 0 saturated carbocycles. The van der Waals surface area contributed by atoms with Gasteiger partial charge in [-0.3, -0.25) is 4.79 Å². The van der Waals surface area contributed by atoms with Crippen LogP contribution in [-0.4, -0.2) is 17.9 Å². The molecule has 0 aliphatic rings. The van der Waals surface area contributed by atoms with Gasteiger partial charge in [0.2, 0.25) is 0 Å². The molecule has 0 unspecified atom stereocenters. The average molecular weight is 474 g/mol. The van der Waals surface area contributed by atoms with Gasteiger partial charge in [0.1, 0.15) is 0 Å². The predicted molar refractivity (Wildman–Crippen MR) is 132 cm³/mol. The highest BCUT2D eigenvalue weighted by atomic mass is 79.9. The molecule has 29 heavy (non-hydrogen) atoms. The van der Waals surface area contributed by atoms with Crippen LogP contribution in [0.2, 0.25) is 0 Å². The average Bonchev–Trinajstić information content (AvgIpc) is 2.73. The van der Waals surface area contributed by atoms with Crippen molar-refractivity contribution in [2.45, 2.75) is 135 Å². The monoisotopic (exact) mass is 472 g/mol. The van der Waals surface area contributed by atoms with Crippen molar-refractivity contribution in [2.75, 3.05) is 11.9 Å². The molecule has 0 heterocycles. The lowest BCUT2D eigenvalue weighted by Crippen LogP contribution is -2.05. The lowest BCUT2D eigenvalue weighted by molar-refractivity contribution is -0.143. The molecule has 0 N–H and O–H groups in total. The normalized spacial score (nSPS) is 11.4. The molecule has 0 bridgehead atoms. The number of hydrogen-bond donors (Lipinski definition) is 0. The van der Waals surface area contributed by atoms with E-state index in [1.54, 1.807) is 0 Å². The zero-order chi connectivity index (χ0) is 21.3. The second-order valence-corrected chi connectivity index (χ2v) is 9.16. The minimum Gasteiger partial charge on any atom is -0.466 e. The van der Waals surface area contributed by atoms with Crippen LogP contribution in [-0.2, 0) is 9.53 Å². The molecule has 0 aliphatic carbocycles. The lowest BCUT2D eigenvalue weighted by atomic mass is 10.1. The second-order valence-electron chi connectivity index (χ2n) is 8.37. The number of esters is 1. The topological polar surface area (TPSA) is 26.3 Å². The molecule has 172 valence electrons. The molecule has 0 saturated heterocycles. The Morgan fingerprint density at radius 2 is 1.14 bits per heavy atom. The van der Waals surface area contributed by atoms with Crippen molar-refractivity contribution in [3.63, 3.8) is 0 Å². The van der Waals surface area contributed by atoms with E-state index >= 15 is 0 Å². The summed E-state index contributed by atoms with van der Waals surface area (Å²) < 4.78 is 5.33. The largest absolute Gasteiger partial charge is 0.466 e. The maximum absolute atomic E-state index is 11.7. The Balaban J connectivity index is 3.17. The van der Waals surface area contributed by atoms with Gasteiger partial charge in [-0.05, 0) is 44.9 Å². The summed E-state index contributed by atoms with van der Waals surface area (Å²) in [5.41, 5.74) is 0. The van der Waals surface area contributed by atoms with Gasteiger partial charge in [-0.2, -0.15) is 0 Å². The predicted octanol–water partition coefficient (Wildman–Crippen LogP) is 9.30. The van der Waals surface area contributed by atoms with Crippen molar-refractivity contribution >= 4 is 21.9 Å². The summed E-state index contributed by atoms with van der Waals surface area (Å²) in [6, 6.07) is 0. The van der Waals surface area contributed by atoms with Crippen molar-refractivity contribution in [1.82, 2.24) is 0 Å². The van der Waals surface area contributed by atoms with E-state index in [2.05, 4.69) is 35.0 Å². The molecule has 0 aromatic heterocycles. The Morgan fingerprint density at radius 1 is 0.655 bits per heavy atom. The summed E-state index contributed by atoms with van der Waals surface area (Å²) in [7, 11) is 0. The zero-order valence-electron chi connectivity index (χ0n) is 19.4. The molecule has 0 aliphatic heterocycles. The number of allylic oxidation sites excluding steroid dienone is 2. The van der Waals surface area contributed by atoms with Crippen LogP contribution >= 0.6 is 15.9 Å². The first-order valence-corrected chi connectivity index (χ1v) is 13.8. The summed E-state index contributed by atoms with van der Waals surface area (Å²) >= 11 is 3.44. The Labute approximate surface area is 190 Å². The molecule has 0 fully saturated rings. The maximum atomic E-state index is 11.7. The van der Waals surface area contributed by atoms with E-state index in [-0.39, 0.29) is 5.97 Å². The third-order valence-corrected chi connectivity index (χ3v) is 5.99. The summed E-state index contributed by atoms with van der Waals surface area (Å²) in [5, 5.41) is 1.09. The van der Waals surface area contributed by atoms with Crippen LogP contribution in [0.3, 0.4) is 0 Å². The fourth-order valence-corrected chi connectivity index (χ4v) is 3.90. The number of hydrogen-bond acceptors (Lipinski definition) is 2. The maximum Gasteiger partial charge on any atom is 0.305 e. The molecule has 0 aromatic rings.